The fourth-order valence-corrected chi connectivity index (χ4v) is 0.372. The highest BCUT2D eigenvalue weighted by atomic mass is 31.0. The summed E-state index contributed by atoms with van der Waals surface area (Å²) in [4.78, 5) is 0. The predicted octanol–water partition coefficient (Wildman–Crippen LogP) is 1.32. The molecule has 0 aliphatic carbocycles. The van der Waals surface area contributed by atoms with Crippen LogP contribution in [-0.4, -0.2) is 11.2 Å². The Bertz CT molecular complexity index is 195. The maximum Gasteiger partial charge on any atom is 0.133 e. The van der Waals surface area contributed by atoms with Gasteiger partial charge in [-0.25, -0.2) is 0 Å². The van der Waals surface area contributed by atoms with Gasteiger partial charge in [0.25, 0.3) is 0 Å². The Hall–Kier alpha value is -0.570. The molecule has 0 rings (SSSR count). The van der Waals surface area contributed by atoms with Crippen molar-refractivity contribution in [3.8, 4) is 11.8 Å². The smallest absolute Gasteiger partial charge is 0.133 e. The fourth-order valence-electron chi connectivity index (χ4n) is 0.288. The molecule has 0 aliphatic heterocycles. The van der Waals surface area contributed by atoms with Crippen LogP contribution in [0.5, 0.6) is 0 Å². The van der Waals surface area contributed by atoms with Gasteiger partial charge in [-0.2, -0.15) is 0 Å². The van der Waals surface area contributed by atoms with Crippen LogP contribution in [0.4, 0.5) is 0 Å². The lowest BCUT2D eigenvalue weighted by Crippen LogP contribution is -1.94. The van der Waals surface area contributed by atoms with Gasteiger partial charge in [-0.3, -0.25) is 0 Å². The van der Waals surface area contributed by atoms with E-state index >= 15 is 0 Å². The van der Waals surface area contributed by atoms with Crippen LogP contribution in [0.3, 0.4) is 0 Å². The van der Waals surface area contributed by atoms with E-state index in [1.807, 2.05) is 13.0 Å². The van der Waals surface area contributed by atoms with Crippen LogP contribution in [0.25, 0.3) is 0 Å². The molecule has 0 fully saturated rings. The quantitative estimate of drug-likeness (QED) is 0.343. The topological polar surface area (TPSA) is 20.2 Å². The van der Waals surface area contributed by atoms with Gasteiger partial charge < -0.3 is 5.11 Å². The highest BCUT2D eigenvalue weighted by molar-refractivity contribution is 7.23. The zero-order valence-corrected chi connectivity index (χ0v) is 7.12. The molecule has 1 N–H and O–H groups in total. The van der Waals surface area contributed by atoms with Crippen molar-refractivity contribution >= 4 is 9.24 Å². The Morgan fingerprint density at radius 3 is 2.80 bits per heavy atom. The average molecular weight is 154 g/mol. The lowest BCUT2D eigenvalue weighted by Gasteiger charge is -1.89. The Morgan fingerprint density at radius 1 is 1.80 bits per heavy atom. The summed E-state index contributed by atoms with van der Waals surface area (Å²) in [5.41, 5.74) is 0. The third kappa shape index (κ3) is 4.32. The molecule has 0 aromatic carbocycles. The van der Waals surface area contributed by atoms with E-state index in [9.17, 15) is 0 Å². The van der Waals surface area contributed by atoms with Crippen molar-refractivity contribution < 1.29 is 5.11 Å². The summed E-state index contributed by atoms with van der Waals surface area (Å²) in [5.74, 6) is 5.32. The molecular weight excluding hydrogens is 143 g/mol. The van der Waals surface area contributed by atoms with E-state index in [1.165, 1.54) is 6.08 Å². The first kappa shape index (κ1) is 9.43. The van der Waals surface area contributed by atoms with Crippen molar-refractivity contribution in [1.29, 1.82) is 0 Å². The number of rotatable bonds is 1. The van der Waals surface area contributed by atoms with E-state index in [0.29, 0.717) is 0 Å². The van der Waals surface area contributed by atoms with Crippen LogP contribution in [0.15, 0.2) is 24.0 Å². The molecule has 1 nitrogen and oxygen atoms in total. The molecule has 0 aliphatic rings. The van der Waals surface area contributed by atoms with Crippen molar-refractivity contribution in [3.05, 3.63) is 24.0 Å². The number of hydrogen-bond acceptors (Lipinski definition) is 1. The van der Waals surface area contributed by atoms with E-state index in [4.69, 9.17) is 5.11 Å². The Kier molecular flexibility index (Phi) is 4.94. The zero-order chi connectivity index (χ0) is 7.98. The van der Waals surface area contributed by atoms with Gasteiger partial charge in [0.05, 0.1) is 0 Å². The van der Waals surface area contributed by atoms with Gasteiger partial charge >= 0.3 is 0 Å². The molecule has 0 heterocycles. The molecule has 2 atom stereocenters. The second-order valence-electron chi connectivity index (χ2n) is 1.69. The normalized spacial score (nSPS) is 13.3. The summed E-state index contributed by atoms with van der Waals surface area (Å²) in [6.45, 7) is 5.27. The second-order valence-corrected chi connectivity index (χ2v) is 2.32. The third-order valence-electron chi connectivity index (χ3n) is 0.899. The summed E-state index contributed by atoms with van der Waals surface area (Å²) < 4.78 is 0. The number of hydrogen-bond donors (Lipinski definition) is 1. The largest absolute Gasteiger partial charge is 0.377 e. The van der Waals surface area contributed by atoms with Crippen molar-refractivity contribution in [2.45, 2.75) is 13.0 Å². The summed E-state index contributed by atoms with van der Waals surface area (Å²) in [5, 5.41) is 9.75. The van der Waals surface area contributed by atoms with Gasteiger partial charge in [-0.05, 0) is 6.92 Å². The minimum Gasteiger partial charge on any atom is -0.377 e. The van der Waals surface area contributed by atoms with Crippen molar-refractivity contribution in [2.75, 3.05) is 0 Å². The number of aliphatic hydroxyl groups excluding tert-OH is 1. The average Bonchev–Trinajstić information content (AvgIpc) is 1.99. The molecule has 2 heteroatoms. The summed E-state index contributed by atoms with van der Waals surface area (Å²) in [7, 11) is 2.46. The highest BCUT2D eigenvalue weighted by Gasteiger charge is 1.85. The van der Waals surface area contributed by atoms with Gasteiger partial charge in [0, 0.05) is 5.31 Å². The SMILES string of the molecule is C=CC(O)C#CC(P)=CC. The van der Waals surface area contributed by atoms with Crippen molar-refractivity contribution in [3.63, 3.8) is 0 Å². The lowest BCUT2D eigenvalue weighted by molar-refractivity contribution is 0.281. The van der Waals surface area contributed by atoms with Crippen LogP contribution in [-0.2, 0) is 0 Å². The van der Waals surface area contributed by atoms with Gasteiger partial charge in [0.1, 0.15) is 6.10 Å². The van der Waals surface area contributed by atoms with Gasteiger partial charge in [-0.1, -0.05) is 39.8 Å². The maximum absolute atomic E-state index is 8.87. The van der Waals surface area contributed by atoms with E-state index in [1.54, 1.807) is 0 Å². The molecule has 2 unspecified atom stereocenters. The maximum atomic E-state index is 8.87. The Morgan fingerprint density at radius 2 is 2.40 bits per heavy atom. The number of allylic oxidation sites excluding steroid dienone is 2. The Labute approximate surface area is 64.0 Å². The predicted molar refractivity (Wildman–Crippen MR) is 47.4 cm³/mol. The second kappa shape index (κ2) is 5.23. The first-order chi connectivity index (χ1) is 4.70. The van der Waals surface area contributed by atoms with Crippen LogP contribution in [0.1, 0.15) is 6.92 Å². The first-order valence-corrected chi connectivity index (χ1v) is 3.52. The first-order valence-electron chi connectivity index (χ1n) is 2.94. The highest BCUT2D eigenvalue weighted by Crippen LogP contribution is 2.01. The molecule has 0 radical (unpaired) electrons. The molecule has 0 saturated heterocycles. The Balaban J connectivity index is 4.03. The molecular formula is C8H11OP. The standard InChI is InChI=1S/C8H11OP/c1-3-7(9)5-6-8(10)4-2/h3-4,7,9H,1,10H2,2H3. The van der Waals surface area contributed by atoms with E-state index in [2.05, 4.69) is 27.7 Å². The van der Waals surface area contributed by atoms with Gasteiger partial charge in [-0.15, -0.1) is 0 Å². The number of aliphatic hydroxyl groups is 1. The molecule has 0 bridgehead atoms. The minimum absolute atomic E-state index is 0.713. The molecule has 0 saturated carbocycles. The summed E-state index contributed by atoms with van der Waals surface area (Å²) in [6.07, 6.45) is 2.53. The summed E-state index contributed by atoms with van der Waals surface area (Å²) in [6, 6.07) is 0. The summed E-state index contributed by atoms with van der Waals surface area (Å²) >= 11 is 0. The minimum atomic E-state index is -0.713. The molecule has 0 amide bonds. The van der Waals surface area contributed by atoms with Gasteiger partial charge in [0.2, 0.25) is 0 Å². The lowest BCUT2D eigenvalue weighted by atomic mass is 10.3. The molecule has 0 aromatic rings. The van der Waals surface area contributed by atoms with Gasteiger partial charge in [0.15, 0.2) is 0 Å². The molecule has 0 aromatic heterocycles. The van der Waals surface area contributed by atoms with Crippen LogP contribution >= 0.6 is 9.24 Å². The van der Waals surface area contributed by atoms with Crippen LogP contribution in [0.2, 0.25) is 0 Å². The third-order valence-corrected chi connectivity index (χ3v) is 1.38. The van der Waals surface area contributed by atoms with E-state index in [-0.39, 0.29) is 0 Å². The van der Waals surface area contributed by atoms with Crippen molar-refractivity contribution in [2.24, 2.45) is 0 Å². The zero-order valence-electron chi connectivity index (χ0n) is 5.96. The van der Waals surface area contributed by atoms with E-state index in [0.717, 1.165) is 5.31 Å². The monoisotopic (exact) mass is 154 g/mol. The molecule has 0 spiro atoms. The van der Waals surface area contributed by atoms with Crippen LogP contribution in [0, 0.1) is 11.8 Å². The molecule has 54 valence electrons. The molecule has 10 heavy (non-hydrogen) atoms. The van der Waals surface area contributed by atoms with Crippen LogP contribution < -0.4 is 0 Å². The fraction of sp³-hybridized carbons (Fsp3) is 0.250. The van der Waals surface area contributed by atoms with E-state index < -0.39 is 6.10 Å². The van der Waals surface area contributed by atoms with Crippen molar-refractivity contribution in [1.82, 2.24) is 0 Å².